The Labute approximate surface area is 150 Å². The molecule has 1 aliphatic rings. The molecule has 0 unspecified atom stereocenters. The van der Waals surface area contributed by atoms with E-state index in [9.17, 15) is 9.90 Å². The number of pyridine rings is 1. The Balaban J connectivity index is 1.77. The average molecular weight is 355 g/mol. The maximum absolute atomic E-state index is 12.3. The fourth-order valence-electron chi connectivity index (χ4n) is 3.53. The van der Waals surface area contributed by atoms with Crippen molar-refractivity contribution in [3.05, 3.63) is 46.3 Å². The molecule has 1 fully saturated rings. The zero-order chi connectivity index (χ0) is 17.4. The van der Waals surface area contributed by atoms with Gasteiger partial charge in [0.05, 0.1) is 22.0 Å². The molecule has 0 bridgehead atoms. The molecule has 0 spiro atoms. The number of nitrogens with zero attached hydrogens (tertiary/aromatic N) is 2. The number of rotatable bonds is 3. The molecule has 2 aromatic heterocycles. The molecular weight excluding hydrogens is 334 g/mol. The largest absolute Gasteiger partial charge is 0.393 e. The Hall–Kier alpha value is -2.18. The van der Waals surface area contributed by atoms with Crippen LogP contribution in [0.5, 0.6) is 0 Å². The number of aromatic nitrogens is 2. The van der Waals surface area contributed by atoms with Crippen LogP contribution < -0.4 is 10.9 Å². The van der Waals surface area contributed by atoms with Crippen LogP contribution in [-0.2, 0) is 7.05 Å². The summed E-state index contributed by atoms with van der Waals surface area (Å²) < 4.78 is 1.68. The Morgan fingerprint density at radius 2 is 2.04 bits per heavy atom. The van der Waals surface area contributed by atoms with Crippen molar-refractivity contribution in [2.45, 2.75) is 37.8 Å². The summed E-state index contributed by atoms with van der Waals surface area (Å²) in [4.78, 5) is 17.6. The summed E-state index contributed by atoms with van der Waals surface area (Å²) in [5.41, 5.74) is 4.71. The van der Waals surface area contributed by atoms with Crippen LogP contribution in [0.25, 0.3) is 21.3 Å². The molecule has 6 heteroatoms. The fourth-order valence-corrected chi connectivity index (χ4v) is 4.15. The minimum absolute atomic E-state index is 0.0172. The average Bonchev–Trinajstić information content (AvgIpc) is 3.15. The Morgan fingerprint density at radius 3 is 2.76 bits per heavy atom. The summed E-state index contributed by atoms with van der Waals surface area (Å²) in [6, 6.07) is 8.15. The van der Waals surface area contributed by atoms with E-state index in [0.29, 0.717) is 6.04 Å². The molecule has 4 rings (SSSR count). The molecule has 0 amide bonds. The normalized spacial score (nSPS) is 20.7. The predicted octanol–water partition coefficient (Wildman–Crippen LogP) is 3.38. The smallest absolute Gasteiger partial charge is 0.252 e. The number of hydrogen-bond donors (Lipinski definition) is 2. The lowest BCUT2D eigenvalue weighted by atomic mass is 9.93. The number of aliphatic hydroxyl groups excluding tert-OH is 1. The van der Waals surface area contributed by atoms with Crippen LogP contribution in [0.1, 0.15) is 25.7 Å². The number of hydrogen-bond acceptors (Lipinski definition) is 5. The van der Waals surface area contributed by atoms with Gasteiger partial charge in [-0.2, -0.15) is 0 Å². The first-order chi connectivity index (χ1) is 12.1. The van der Waals surface area contributed by atoms with E-state index >= 15 is 0 Å². The Kier molecular flexibility index (Phi) is 4.31. The van der Waals surface area contributed by atoms with Gasteiger partial charge in [-0.15, -0.1) is 11.3 Å². The molecular formula is C19H21N3O2S. The van der Waals surface area contributed by atoms with Gasteiger partial charge < -0.3 is 15.0 Å². The van der Waals surface area contributed by atoms with Crippen molar-refractivity contribution >= 4 is 27.9 Å². The zero-order valence-corrected chi connectivity index (χ0v) is 14.9. The van der Waals surface area contributed by atoms with Crippen LogP contribution in [0, 0.1) is 0 Å². The van der Waals surface area contributed by atoms with Gasteiger partial charge in [0.15, 0.2) is 0 Å². The van der Waals surface area contributed by atoms with E-state index in [1.165, 1.54) is 0 Å². The van der Waals surface area contributed by atoms with Crippen LogP contribution in [-0.4, -0.2) is 26.8 Å². The van der Waals surface area contributed by atoms with Crippen molar-refractivity contribution in [1.29, 1.82) is 0 Å². The SMILES string of the molecule is Cn1c(=O)cc(N[C@H]2CC[C@@H](O)CC2)c2cc(-c3cncs3)ccc21. The third-order valence-corrected chi connectivity index (χ3v) is 5.84. The second kappa shape index (κ2) is 6.61. The molecule has 2 N–H and O–H groups in total. The van der Waals surface area contributed by atoms with Crippen molar-refractivity contribution in [1.82, 2.24) is 9.55 Å². The van der Waals surface area contributed by atoms with E-state index in [4.69, 9.17) is 0 Å². The number of anilines is 1. The monoisotopic (exact) mass is 355 g/mol. The molecule has 1 aliphatic carbocycles. The lowest BCUT2D eigenvalue weighted by Crippen LogP contribution is -2.29. The van der Waals surface area contributed by atoms with Gasteiger partial charge in [-0.25, -0.2) is 0 Å². The first-order valence-corrected chi connectivity index (χ1v) is 9.47. The first-order valence-electron chi connectivity index (χ1n) is 8.59. The summed E-state index contributed by atoms with van der Waals surface area (Å²) in [7, 11) is 1.80. The lowest BCUT2D eigenvalue weighted by Gasteiger charge is -2.27. The first kappa shape index (κ1) is 16.3. The maximum Gasteiger partial charge on any atom is 0.252 e. The number of aryl methyl sites for hydroxylation is 1. The molecule has 5 nitrogen and oxygen atoms in total. The maximum atomic E-state index is 12.3. The zero-order valence-electron chi connectivity index (χ0n) is 14.1. The Morgan fingerprint density at radius 1 is 1.24 bits per heavy atom. The third kappa shape index (κ3) is 3.19. The number of fused-ring (bicyclic) bond motifs is 1. The topological polar surface area (TPSA) is 67.2 Å². The predicted molar refractivity (Wildman–Crippen MR) is 102 cm³/mol. The van der Waals surface area contributed by atoms with Crippen LogP contribution >= 0.6 is 11.3 Å². The van der Waals surface area contributed by atoms with Gasteiger partial charge in [0.2, 0.25) is 0 Å². The fraction of sp³-hybridized carbons (Fsp3) is 0.368. The van der Waals surface area contributed by atoms with Crippen molar-refractivity contribution in [2.75, 3.05) is 5.32 Å². The molecule has 3 aromatic rings. The summed E-state index contributed by atoms with van der Waals surface area (Å²) >= 11 is 1.61. The number of aliphatic hydroxyl groups is 1. The van der Waals surface area contributed by atoms with Gasteiger partial charge in [0, 0.05) is 36.4 Å². The van der Waals surface area contributed by atoms with Crippen LogP contribution in [0.3, 0.4) is 0 Å². The third-order valence-electron chi connectivity index (χ3n) is 5.02. The highest BCUT2D eigenvalue weighted by Gasteiger charge is 2.20. The second-order valence-electron chi connectivity index (χ2n) is 6.70. The molecule has 130 valence electrons. The van der Waals surface area contributed by atoms with E-state index in [-0.39, 0.29) is 11.7 Å². The summed E-state index contributed by atoms with van der Waals surface area (Å²) in [5, 5.41) is 14.3. The summed E-state index contributed by atoms with van der Waals surface area (Å²) in [6.07, 6.45) is 5.15. The minimum Gasteiger partial charge on any atom is -0.393 e. The van der Waals surface area contributed by atoms with Crippen molar-refractivity contribution < 1.29 is 5.11 Å². The quantitative estimate of drug-likeness (QED) is 0.756. The van der Waals surface area contributed by atoms with E-state index < -0.39 is 0 Å². The highest BCUT2D eigenvalue weighted by atomic mass is 32.1. The summed E-state index contributed by atoms with van der Waals surface area (Å²) in [6.45, 7) is 0. The molecule has 1 aromatic carbocycles. The van der Waals surface area contributed by atoms with E-state index in [1.807, 2.05) is 23.8 Å². The van der Waals surface area contributed by atoms with E-state index in [2.05, 4.69) is 16.4 Å². The van der Waals surface area contributed by atoms with Crippen molar-refractivity contribution in [3.8, 4) is 10.4 Å². The molecule has 0 atom stereocenters. The summed E-state index contributed by atoms with van der Waals surface area (Å²) in [5.74, 6) is 0. The molecule has 1 saturated carbocycles. The number of benzene rings is 1. The van der Waals surface area contributed by atoms with Crippen LogP contribution in [0.2, 0.25) is 0 Å². The molecule has 0 aliphatic heterocycles. The molecule has 2 heterocycles. The van der Waals surface area contributed by atoms with Crippen molar-refractivity contribution in [2.24, 2.45) is 7.05 Å². The van der Waals surface area contributed by atoms with Gasteiger partial charge in [0.25, 0.3) is 5.56 Å². The number of nitrogens with one attached hydrogen (secondary N) is 1. The van der Waals surface area contributed by atoms with Crippen molar-refractivity contribution in [3.63, 3.8) is 0 Å². The highest BCUT2D eigenvalue weighted by molar-refractivity contribution is 7.13. The highest BCUT2D eigenvalue weighted by Crippen LogP contribution is 2.31. The minimum atomic E-state index is -0.184. The second-order valence-corrected chi connectivity index (χ2v) is 7.59. The van der Waals surface area contributed by atoms with Crippen LogP contribution in [0.4, 0.5) is 5.69 Å². The lowest BCUT2D eigenvalue weighted by molar-refractivity contribution is 0.126. The van der Waals surface area contributed by atoms with E-state index in [1.54, 1.807) is 29.0 Å². The van der Waals surface area contributed by atoms with Gasteiger partial charge >= 0.3 is 0 Å². The van der Waals surface area contributed by atoms with Gasteiger partial charge in [-0.1, -0.05) is 6.07 Å². The van der Waals surface area contributed by atoms with Crippen LogP contribution in [0.15, 0.2) is 40.8 Å². The molecule has 0 radical (unpaired) electrons. The van der Waals surface area contributed by atoms with Gasteiger partial charge in [-0.3, -0.25) is 9.78 Å². The standard InChI is InChI=1S/C19H21N3O2S/c1-22-17-7-2-12(18-10-20-11-25-18)8-15(17)16(9-19(22)24)21-13-3-5-14(23)6-4-13/h2,7-11,13-14,21,23H,3-6H2,1H3/t13-,14+. The molecule has 25 heavy (non-hydrogen) atoms. The Bertz CT molecular complexity index is 941. The number of thiazole rings is 1. The molecule has 0 saturated heterocycles. The van der Waals surface area contributed by atoms with Gasteiger partial charge in [0.1, 0.15) is 0 Å². The van der Waals surface area contributed by atoms with E-state index in [0.717, 1.165) is 52.7 Å². The van der Waals surface area contributed by atoms with Gasteiger partial charge in [-0.05, 0) is 43.4 Å².